The van der Waals surface area contributed by atoms with Crippen LogP contribution in [0.15, 0.2) is 12.1 Å². The molecule has 0 spiro atoms. The minimum absolute atomic E-state index is 0.0500. The molecule has 1 atom stereocenters. The molecule has 0 radical (unpaired) electrons. The maximum absolute atomic E-state index is 12.1. The number of phenolic OH excluding ortho intramolecular Hbond substituents is 1. The van der Waals surface area contributed by atoms with E-state index in [2.05, 4.69) is 53.0 Å². The van der Waals surface area contributed by atoms with Gasteiger partial charge in [0.2, 0.25) is 0 Å². The highest BCUT2D eigenvalue weighted by Crippen LogP contribution is 2.38. The Balaban J connectivity index is 3.28. The smallest absolute Gasteiger partial charge is 0.268 e. The molecule has 1 unspecified atom stereocenters. The average molecular weight is 335 g/mol. The Bertz CT molecular complexity index is 565. The summed E-state index contributed by atoms with van der Waals surface area (Å²) in [6.07, 6.45) is 4.27. The van der Waals surface area contributed by atoms with Crippen molar-refractivity contribution in [3.63, 3.8) is 0 Å². The molecule has 0 heterocycles. The van der Waals surface area contributed by atoms with Gasteiger partial charge in [-0.15, -0.1) is 0 Å². The molecule has 24 heavy (non-hydrogen) atoms. The van der Waals surface area contributed by atoms with Gasteiger partial charge in [-0.1, -0.05) is 60.5 Å². The molecule has 0 aliphatic heterocycles. The molecule has 1 aromatic carbocycles. The van der Waals surface area contributed by atoms with E-state index < -0.39 is 5.91 Å². The third-order valence-electron chi connectivity index (χ3n) is 5.02. The van der Waals surface area contributed by atoms with E-state index in [1.165, 1.54) is 6.42 Å². The zero-order valence-corrected chi connectivity index (χ0v) is 16.1. The molecule has 136 valence electrons. The van der Waals surface area contributed by atoms with Gasteiger partial charge in [-0.05, 0) is 47.3 Å². The number of nitrogens with two attached hydrogens (primary N) is 1. The van der Waals surface area contributed by atoms with Gasteiger partial charge in [0.15, 0.2) is 0 Å². The molecule has 0 aliphatic rings. The zero-order valence-electron chi connectivity index (χ0n) is 16.1. The van der Waals surface area contributed by atoms with Crippen LogP contribution in [0.4, 0.5) is 0 Å². The molecule has 4 heteroatoms. The highest BCUT2D eigenvalue weighted by Gasteiger charge is 2.26. The van der Waals surface area contributed by atoms with Gasteiger partial charge >= 0.3 is 0 Å². The molecule has 0 aliphatic carbocycles. The number of rotatable bonds is 8. The summed E-state index contributed by atoms with van der Waals surface area (Å²) in [6.45, 7) is 13.0. The van der Waals surface area contributed by atoms with Crippen LogP contribution in [0.5, 0.6) is 5.75 Å². The van der Waals surface area contributed by atoms with E-state index in [9.17, 15) is 9.90 Å². The van der Waals surface area contributed by atoms with E-state index in [4.69, 9.17) is 5.84 Å². The Morgan fingerprint density at radius 1 is 1.29 bits per heavy atom. The van der Waals surface area contributed by atoms with Crippen molar-refractivity contribution < 1.29 is 9.90 Å². The van der Waals surface area contributed by atoms with Crippen molar-refractivity contribution in [2.45, 2.75) is 78.6 Å². The van der Waals surface area contributed by atoms with Gasteiger partial charge in [-0.25, -0.2) is 5.84 Å². The number of phenols is 1. The first-order valence-electron chi connectivity index (χ1n) is 9.02. The summed E-state index contributed by atoms with van der Waals surface area (Å²) in [6, 6.07) is 3.85. The lowest BCUT2D eigenvalue weighted by atomic mass is 9.77. The zero-order chi connectivity index (χ0) is 18.5. The number of carbonyl (C=O) groups excluding carboxylic acids is 1. The maximum Gasteiger partial charge on any atom is 0.268 e. The first-order chi connectivity index (χ1) is 11.1. The minimum atomic E-state index is -0.447. The van der Waals surface area contributed by atoms with Crippen LogP contribution in [0.1, 0.15) is 94.6 Å². The Hall–Kier alpha value is -1.55. The van der Waals surface area contributed by atoms with Crippen molar-refractivity contribution in [2.24, 2.45) is 11.8 Å². The van der Waals surface area contributed by atoms with Crippen LogP contribution in [-0.2, 0) is 5.41 Å². The molecular weight excluding hydrogens is 300 g/mol. The summed E-state index contributed by atoms with van der Waals surface area (Å²) in [5.41, 5.74) is 4.25. The number of benzene rings is 1. The van der Waals surface area contributed by atoms with Gasteiger partial charge in [0.1, 0.15) is 5.75 Å². The number of nitrogen functional groups attached to an aromatic ring is 1. The van der Waals surface area contributed by atoms with E-state index in [1.54, 1.807) is 6.07 Å². The second-order valence-corrected chi connectivity index (χ2v) is 7.91. The molecule has 0 saturated heterocycles. The summed E-state index contributed by atoms with van der Waals surface area (Å²) in [5, 5.41) is 10.5. The predicted octanol–water partition coefficient (Wildman–Crippen LogP) is 4.61. The van der Waals surface area contributed by atoms with E-state index in [1.807, 2.05) is 0 Å². The van der Waals surface area contributed by atoms with E-state index in [0.29, 0.717) is 5.92 Å². The molecule has 4 nitrogen and oxygen atoms in total. The number of hydrazine groups is 1. The van der Waals surface area contributed by atoms with Crippen LogP contribution in [0.3, 0.4) is 0 Å². The fourth-order valence-corrected chi connectivity index (χ4v) is 2.99. The van der Waals surface area contributed by atoms with E-state index >= 15 is 0 Å². The van der Waals surface area contributed by atoms with Crippen molar-refractivity contribution in [2.75, 3.05) is 0 Å². The van der Waals surface area contributed by atoms with Gasteiger partial charge < -0.3 is 5.11 Å². The molecule has 0 aromatic heterocycles. The largest absolute Gasteiger partial charge is 0.507 e. The monoisotopic (exact) mass is 334 g/mol. The lowest BCUT2D eigenvalue weighted by Crippen LogP contribution is -2.31. The van der Waals surface area contributed by atoms with Crippen molar-refractivity contribution in [1.29, 1.82) is 0 Å². The molecular formula is C20H34N2O2. The number of amides is 1. The first kappa shape index (κ1) is 20.5. The SMILES string of the molecule is CCC(C)c1cc(C(C)(C)CCCC(C)C)cc(C(=O)NN)c1O. The topological polar surface area (TPSA) is 75.4 Å². The summed E-state index contributed by atoms with van der Waals surface area (Å²) >= 11 is 0. The van der Waals surface area contributed by atoms with Gasteiger partial charge in [0, 0.05) is 0 Å². The van der Waals surface area contributed by atoms with Crippen LogP contribution in [0, 0.1) is 5.92 Å². The standard InChI is InChI=1S/C20H34N2O2/c1-7-14(4)16-11-15(12-17(18(16)23)19(24)22-21)20(5,6)10-8-9-13(2)3/h11-14,23H,7-10,21H2,1-6H3,(H,22,24). The highest BCUT2D eigenvalue weighted by molar-refractivity contribution is 5.97. The summed E-state index contributed by atoms with van der Waals surface area (Å²) in [4.78, 5) is 12.1. The third-order valence-corrected chi connectivity index (χ3v) is 5.02. The van der Waals surface area contributed by atoms with Crippen molar-refractivity contribution in [3.05, 3.63) is 28.8 Å². The Morgan fingerprint density at radius 3 is 2.42 bits per heavy atom. The summed E-state index contributed by atoms with van der Waals surface area (Å²) in [5.74, 6) is 5.77. The van der Waals surface area contributed by atoms with E-state index in [-0.39, 0.29) is 22.6 Å². The molecule has 1 rings (SSSR count). The highest BCUT2D eigenvalue weighted by atomic mass is 16.3. The molecule has 0 saturated carbocycles. The Kier molecular flexibility index (Phi) is 7.27. The molecule has 0 fully saturated rings. The van der Waals surface area contributed by atoms with Gasteiger partial charge in [-0.3, -0.25) is 10.2 Å². The maximum atomic E-state index is 12.1. The van der Waals surface area contributed by atoms with Crippen LogP contribution < -0.4 is 11.3 Å². The van der Waals surface area contributed by atoms with Gasteiger partial charge in [-0.2, -0.15) is 0 Å². The third kappa shape index (κ3) is 4.97. The number of nitrogens with one attached hydrogen (secondary N) is 1. The van der Waals surface area contributed by atoms with Crippen molar-refractivity contribution >= 4 is 5.91 Å². The Labute approximate surface area is 146 Å². The molecule has 1 aromatic rings. The minimum Gasteiger partial charge on any atom is -0.507 e. The first-order valence-corrected chi connectivity index (χ1v) is 9.02. The quantitative estimate of drug-likeness (QED) is 0.369. The summed E-state index contributed by atoms with van der Waals surface area (Å²) < 4.78 is 0. The lowest BCUT2D eigenvalue weighted by molar-refractivity contribution is 0.0950. The fraction of sp³-hybridized carbons (Fsp3) is 0.650. The van der Waals surface area contributed by atoms with E-state index in [0.717, 1.165) is 30.4 Å². The van der Waals surface area contributed by atoms with Crippen LogP contribution in [-0.4, -0.2) is 11.0 Å². The van der Waals surface area contributed by atoms with Crippen LogP contribution in [0.25, 0.3) is 0 Å². The lowest BCUT2D eigenvalue weighted by Gasteiger charge is -2.28. The number of carbonyl (C=O) groups is 1. The predicted molar refractivity (Wildman–Crippen MR) is 100 cm³/mol. The van der Waals surface area contributed by atoms with Gasteiger partial charge in [0.25, 0.3) is 5.91 Å². The second kappa shape index (κ2) is 8.52. The molecule has 1 amide bonds. The number of hydrogen-bond donors (Lipinski definition) is 3. The van der Waals surface area contributed by atoms with Crippen LogP contribution in [0.2, 0.25) is 0 Å². The normalized spacial score (nSPS) is 13.2. The second-order valence-electron chi connectivity index (χ2n) is 7.91. The number of aromatic hydroxyl groups is 1. The molecule has 4 N–H and O–H groups in total. The Morgan fingerprint density at radius 2 is 1.92 bits per heavy atom. The average Bonchev–Trinajstić information content (AvgIpc) is 2.52. The van der Waals surface area contributed by atoms with Crippen LogP contribution >= 0.6 is 0 Å². The van der Waals surface area contributed by atoms with Crippen molar-refractivity contribution in [3.8, 4) is 5.75 Å². The molecule has 0 bridgehead atoms. The number of hydrogen-bond acceptors (Lipinski definition) is 3. The fourth-order valence-electron chi connectivity index (χ4n) is 2.99. The van der Waals surface area contributed by atoms with Gasteiger partial charge in [0.05, 0.1) is 5.56 Å². The summed E-state index contributed by atoms with van der Waals surface area (Å²) in [7, 11) is 0. The van der Waals surface area contributed by atoms with Crippen molar-refractivity contribution in [1.82, 2.24) is 5.43 Å².